The molecule has 1 saturated carbocycles. The molecule has 0 aromatic heterocycles. The van der Waals surface area contributed by atoms with Crippen molar-refractivity contribution in [3.63, 3.8) is 0 Å². The predicted molar refractivity (Wildman–Crippen MR) is 94.1 cm³/mol. The lowest BCUT2D eigenvalue weighted by Crippen LogP contribution is -2.64. The Morgan fingerprint density at radius 1 is 0.538 bits per heavy atom. The molecule has 3 rings (SSSR count). The van der Waals surface area contributed by atoms with Crippen LogP contribution in [0.15, 0.2) is 60.7 Å². The molecule has 0 aliphatic heterocycles. The average Bonchev–Trinajstić information content (AvgIpc) is 2.68. The molecule has 1 aliphatic carbocycles. The molecule has 0 saturated heterocycles. The quantitative estimate of drug-likeness (QED) is 0.603. The van der Waals surface area contributed by atoms with E-state index in [2.05, 4.69) is 0 Å². The molecule has 0 amide bonds. The Labute approximate surface area is 152 Å². The second kappa shape index (κ2) is 8.73. The number of hydrogen-bond acceptors (Lipinski definition) is 6. The van der Waals surface area contributed by atoms with Crippen molar-refractivity contribution in [2.24, 2.45) is 0 Å². The van der Waals surface area contributed by atoms with E-state index in [1.54, 1.807) is 0 Å². The maximum atomic E-state index is 10.3. The van der Waals surface area contributed by atoms with Gasteiger partial charge in [-0.05, 0) is 11.1 Å². The van der Waals surface area contributed by atoms with Crippen LogP contribution in [0.4, 0.5) is 0 Å². The Kier molecular flexibility index (Phi) is 6.37. The van der Waals surface area contributed by atoms with Gasteiger partial charge < -0.3 is 29.9 Å². The summed E-state index contributed by atoms with van der Waals surface area (Å²) in [4.78, 5) is 0. The zero-order valence-corrected chi connectivity index (χ0v) is 14.3. The highest BCUT2D eigenvalue weighted by Crippen LogP contribution is 2.27. The van der Waals surface area contributed by atoms with Crippen molar-refractivity contribution >= 4 is 0 Å². The molecule has 6 nitrogen and oxygen atoms in total. The lowest BCUT2D eigenvalue weighted by molar-refractivity contribution is -0.250. The zero-order chi connectivity index (χ0) is 18.5. The first-order valence-corrected chi connectivity index (χ1v) is 8.61. The van der Waals surface area contributed by atoms with Crippen LogP contribution in [0.1, 0.15) is 11.1 Å². The highest BCUT2D eigenvalue weighted by atomic mass is 16.5. The smallest absolute Gasteiger partial charge is 0.115 e. The van der Waals surface area contributed by atoms with Gasteiger partial charge in [-0.3, -0.25) is 0 Å². The molecular formula is C20H24O6. The van der Waals surface area contributed by atoms with E-state index in [9.17, 15) is 20.4 Å². The fourth-order valence-electron chi connectivity index (χ4n) is 3.11. The molecule has 6 atom stereocenters. The van der Waals surface area contributed by atoms with Crippen LogP contribution in [0.25, 0.3) is 0 Å². The Hall–Kier alpha value is -1.80. The molecule has 1 fully saturated rings. The Balaban J connectivity index is 1.62. The number of aliphatic hydroxyl groups is 4. The van der Waals surface area contributed by atoms with Gasteiger partial charge in [0.1, 0.15) is 36.6 Å². The topological polar surface area (TPSA) is 99.4 Å². The lowest BCUT2D eigenvalue weighted by atomic mass is 9.84. The average molecular weight is 360 g/mol. The van der Waals surface area contributed by atoms with Gasteiger partial charge in [-0.1, -0.05) is 60.7 Å². The fraction of sp³-hybridized carbons (Fsp3) is 0.400. The van der Waals surface area contributed by atoms with Crippen molar-refractivity contribution < 1.29 is 29.9 Å². The van der Waals surface area contributed by atoms with Gasteiger partial charge >= 0.3 is 0 Å². The van der Waals surface area contributed by atoms with Gasteiger partial charge in [0.05, 0.1) is 13.2 Å². The molecule has 0 bridgehead atoms. The predicted octanol–water partition coefficient (Wildman–Crippen LogP) is 0.614. The number of ether oxygens (including phenoxy) is 2. The van der Waals surface area contributed by atoms with Crippen molar-refractivity contribution in [1.29, 1.82) is 0 Å². The van der Waals surface area contributed by atoms with Crippen LogP contribution in [0.2, 0.25) is 0 Å². The van der Waals surface area contributed by atoms with E-state index in [0.29, 0.717) is 0 Å². The molecular weight excluding hydrogens is 336 g/mol. The molecule has 2 aromatic rings. The monoisotopic (exact) mass is 360 g/mol. The molecule has 140 valence electrons. The summed E-state index contributed by atoms with van der Waals surface area (Å²) in [6.07, 6.45) is -7.74. The van der Waals surface area contributed by atoms with E-state index in [0.717, 1.165) is 11.1 Å². The van der Waals surface area contributed by atoms with E-state index in [-0.39, 0.29) is 13.2 Å². The second-order valence-electron chi connectivity index (χ2n) is 6.48. The van der Waals surface area contributed by atoms with Crippen molar-refractivity contribution in [2.45, 2.75) is 49.8 Å². The lowest BCUT2D eigenvalue weighted by Gasteiger charge is -2.43. The van der Waals surface area contributed by atoms with Crippen LogP contribution in [0.3, 0.4) is 0 Å². The minimum absolute atomic E-state index is 0.147. The van der Waals surface area contributed by atoms with Crippen molar-refractivity contribution in [2.75, 3.05) is 0 Å². The number of hydrogen-bond donors (Lipinski definition) is 4. The van der Waals surface area contributed by atoms with E-state index >= 15 is 0 Å². The van der Waals surface area contributed by atoms with E-state index in [1.807, 2.05) is 60.7 Å². The van der Waals surface area contributed by atoms with Crippen LogP contribution in [0.5, 0.6) is 0 Å². The van der Waals surface area contributed by atoms with Gasteiger partial charge in [0.15, 0.2) is 0 Å². The summed E-state index contributed by atoms with van der Waals surface area (Å²) in [7, 11) is 0. The summed E-state index contributed by atoms with van der Waals surface area (Å²) in [5.74, 6) is 0. The second-order valence-corrected chi connectivity index (χ2v) is 6.48. The van der Waals surface area contributed by atoms with Gasteiger partial charge in [0.25, 0.3) is 0 Å². The van der Waals surface area contributed by atoms with Crippen LogP contribution >= 0.6 is 0 Å². The SMILES string of the molecule is O[C@@H]1C(OCc2ccccc2)[C@@H](O)[C@@H](O)C(OCc2ccccc2)[C@H]1O. The molecule has 4 N–H and O–H groups in total. The van der Waals surface area contributed by atoms with Crippen LogP contribution in [0, 0.1) is 0 Å². The van der Waals surface area contributed by atoms with E-state index < -0.39 is 36.6 Å². The third-order valence-electron chi connectivity index (χ3n) is 4.62. The highest BCUT2D eigenvalue weighted by Gasteiger charge is 2.50. The van der Waals surface area contributed by atoms with E-state index in [4.69, 9.17) is 9.47 Å². The minimum atomic E-state index is -1.38. The summed E-state index contributed by atoms with van der Waals surface area (Å²) >= 11 is 0. The van der Waals surface area contributed by atoms with Gasteiger partial charge in [0.2, 0.25) is 0 Å². The third kappa shape index (κ3) is 4.29. The molecule has 0 spiro atoms. The fourth-order valence-corrected chi connectivity index (χ4v) is 3.11. The van der Waals surface area contributed by atoms with Crippen LogP contribution in [-0.4, -0.2) is 57.0 Å². The molecule has 6 heteroatoms. The Bertz CT molecular complexity index is 589. The van der Waals surface area contributed by atoms with Crippen LogP contribution < -0.4 is 0 Å². The molecule has 2 unspecified atom stereocenters. The first-order valence-electron chi connectivity index (χ1n) is 8.61. The Morgan fingerprint density at radius 3 is 1.15 bits per heavy atom. The summed E-state index contributed by atoms with van der Waals surface area (Å²) in [6, 6.07) is 18.5. The third-order valence-corrected chi connectivity index (χ3v) is 4.62. The van der Waals surface area contributed by atoms with Crippen molar-refractivity contribution in [3.05, 3.63) is 71.8 Å². The van der Waals surface area contributed by atoms with Gasteiger partial charge in [-0.25, -0.2) is 0 Å². The zero-order valence-electron chi connectivity index (χ0n) is 14.3. The number of benzene rings is 2. The summed E-state index contributed by atoms with van der Waals surface area (Å²) in [5, 5.41) is 41.4. The van der Waals surface area contributed by atoms with Gasteiger partial charge in [-0.2, -0.15) is 0 Å². The Morgan fingerprint density at radius 2 is 0.846 bits per heavy atom. The molecule has 26 heavy (non-hydrogen) atoms. The normalized spacial score (nSPS) is 31.7. The first-order chi connectivity index (χ1) is 12.6. The number of aliphatic hydroxyl groups excluding tert-OH is 4. The summed E-state index contributed by atoms with van der Waals surface area (Å²) in [5.41, 5.74) is 1.72. The molecule has 0 radical (unpaired) electrons. The summed E-state index contributed by atoms with van der Waals surface area (Å²) in [6.45, 7) is 0.295. The van der Waals surface area contributed by atoms with Crippen LogP contribution in [-0.2, 0) is 22.7 Å². The van der Waals surface area contributed by atoms with Gasteiger partial charge in [0, 0.05) is 0 Å². The first kappa shape index (κ1) is 19.0. The summed E-state index contributed by atoms with van der Waals surface area (Å²) < 4.78 is 11.1. The largest absolute Gasteiger partial charge is 0.387 e. The molecule has 1 aliphatic rings. The van der Waals surface area contributed by atoms with Crippen molar-refractivity contribution in [3.8, 4) is 0 Å². The standard InChI is InChI=1S/C20H24O6/c21-15-17(23)20(26-12-14-9-5-2-6-10-14)18(24)16(22)19(15)25-11-13-7-3-1-4-8-13/h1-10,15-24H,11-12H2/t15-,16-,17-,18+,19?,20?/m0/s1. The maximum absolute atomic E-state index is 10.3. The van der Waals surface area contributed by atoms with Gasteiger partial charge in [-0.15, -0.1) is 0 Å². The maximum Gasteiger partial charge on any atom is 0.115 e. The minimum Gasteiger partial charge on any atom is -0.387 e. The number of rotatable bonds is 6. The molecule has 2 aromatic carbocycles. The van der Waals surface area contributed by atoms with Crippen molar-refractivity contribution in [1.82, 2.24) is 0 Å². The highest BCUT2D eigenvalue weighted by molar-refractivity contribution is 5.15. The molecule has 0 heterocycles. The van der Waals surface area contributed by atoms with E-state index in [1.165, 1.54) is 0 Å².